The Morgan fingerprint density at radius 3 is 2.35 bits per heavy atom. The first kappa shape index (κ1) is 20.5. The van der Waals surface area contributed by atoms with Crippen LogP contribution in [0.15, 0.2) is 78.9 Å². The van der Waals surface area contributed by atoms with Crippen molar-refractivity contribution in [3.05, 3.63) is 90.3 Å². The molecule has 6 nitrogen and oxygen atoms in total. The van der Waals surface area contributed by atoms with Gasteiger partial charge in [-0.25, -0.2) is 4.98 Å². The first-order chi connectivity index (χ1) is 15.3. The van der Waals surface area contributed by atoms with Crippen LogP contribution in [-0.2, 0) is 13.1 Å². The van der Waals surface area contributed by atoms with Gasteiger partial charge in [-0.15, -0.1) is 0 Å². The van der Waals surface area contributed by atoms with Gasteiger partial charge in [-0.1, -0.05) is 42.5 Å². The lowest BCUT2D eigenvalue weighted by Gasteiger charge is -2.14. The lowest BCUT2D eigenvalue weighted by atomic mass is 10.2. The fourth-order valence-electron chi connectivity index (χ4n) is 3.45. The van der Waals surface area contributed by atoms with Crippen LogP contribution in [0.25, 0.3) is 11.0 Å². The topological polar surface area (TPSA) is 65.4 Å². The highest BCUT2D eigenvalue weighted by atomic mass is 16.5. The van der Waals surface area contributed by atoms with Crippen molar-refractivity contribution in [3.63, 3.8) is 0 Å². The molecule has 1 amide bonds. The number of benzene rings is 3. The monoisotopic (exact) mass is 415 g/mol. The number of nitrogens with zero attached hydrogens (tertiary/aromatic N) is 2. The maximum absolute atomic E-state index is 12.5. The molecule has 0 aliphatic carbocycles. The van der Waals surface area contributed by atoms with Crippen molar-refractivity contribution >= 4 is 16.9 Å². The molecule has 0 aliphatic heterocycles. The normalized spacial score (nSPS) is 10.7. The summed E-state index contributed by atoms with van der Waals surface area (Å²) in [6.07, 6.45) is 0. The maximum Gasteiger partial charge on any atom is 0.251 e. The van der Waals surface area contributed by atoms with Crippen LogP contribution >= 0.6 is 0 Å². The molecule has 0 spiro atoms. The molecule has 1 aromatic heterocycles. The number of carbonyl (C=O) groups is 1. The molecule has 0 aliphatic rings. The zero-order valence-corrected chi connectivity index (χ0v) is 17.5. The number of amides is 1. The summed E-state index contributed by atoms with van der Waals surface area (Å²) < 4.78 is 13.7. The minimum absolute atomic E-state index is 0.124. The van der Waals surface area contributed by atoms with E-state index in [9.17, 15) is 4.79 Å². The quantitative estimate of drug-likeness (QED) is 0.439. The van der Waals surface area contributed by atoms with Gasteiger partial charge in [0.05, 0.1) is 30.7 Å². The van der Waals surface area contributed by atoms with Crippen molar-refractivity contribution in [1.82, 2.24) is 14.9 Å². The van der Waals surface area contributed by atoms with Crippen LogP contribution < -0.4 is 14.8 Å². The van der Waals surface area contributed by atoms with Gasteiger partial charge in [0.1, 0.15) is 12.4 Å². The average molecular weight is 415 g/mol. The number of para-hydroxylation sites is 4. The molecular formula is C25H25N3O3. The number of ether oxygens (including phenoxy) is 2. The van der Waals surface area contributed by atoms with Crippen LogP contribution in [0.1, 0.15) is 23.1 Å². The summed E-state index contributed by atoms with van der Waals surface area (Å²) >= 11 is 0. The van der Waals surface area contributed by atoms with Gasteiger partial charge >= 0.3 is 0 Å². The summed E-state index contributed by atoms with van der Waals surface area (Å²) in [6, 6.07) is 24.8. The van der Waals surface area contributed by atoms with Gasteiger partial charge in [0.15, 0.2) is 11.5 Å². The predicted molar refractivity (Wildman–Crippen MR) is 120 cm³/mol. The lowest BCUT2D eigenvalue weighted by Crippen LogP contribution is -2.25. The van der Waals surface area contributed by atoms with Crippen LogP contribution in [0.2, 0.25) is 0 Å². The summed E-state index contributed by atoms with van der Waals surface area (Å²) in [5.41, 5.74) is 2.52. The SMILES string of the molecule is CCOc1ccccc1OCCn1c(CNC(=O)c2ccccc2)nc2ccccc21. The molecule has 0 saturated carbocycles. The van der Waals surface area contributed by atoms with Crippen LogP contribution in [0, 0.1) is 0 Å². The molecule has 0 saturated heterocycles. The third kappa shape index (κ3) is 4.86. The van der Waals surface area contributed by atoms with Gasteiger partial charge in [-0.2, -0.15) is 0 Å². The number of carbonyl (C=O) groups excluding carboxylic acids is 1. The van der Waals surface area contributed by atoms with E-state index in [1.165, 1.54) is 0 Å². The van der Waals surface area contributed by atoms with Gasteiger partial charge in [0.25, 0.3) is 5.91 Å². The van der Waals surface area contributed by atoms with Gasteiger partial charge in [0.2, 0.25) is 0 Å². The van der Waals surface area contributed by atoms with Crippen LogP contribution in [0.4, 0.5) is 0 Å². The Bertz CT molecular complexity index is 1160. The Kier molecular flexibility index (Phi) is 6.47. The van der Waals surface area contributed by atoms with E-state index in [0.29, 0.717) is 37.6 Å². The van der Waals surface area contributed by atoms with Crippen molar-refractivity contribution in [2.75, 3.05) is 13.2 Å². The summed E-state index contributed by atoms with van der Waals surface area (Å²) in [5, 5.41) is 2.97. The molecule has 3 aromatic carbocycles. The first-order valence-electron chi connectivity index (χ1n) is 10.4. The largest absolute Gasteiger partial charge is 0.490 e. The summed E-state index contributed by atoms with van der Waals surface area (Å²) in [5.74, 6) is 2.11. The third-order valence-electron chi connectivity index (χ3n) is 4.90. The first-order valence-corrected chi connectivity index (χ1v) is 10.4. The summed E-state index contributed by atoms with van der Waals surface area (Å²) in [4.78, 5) is 17.2. The van der Waals surface area contributed by atoms with E-state index in [-0.39, 0.29) is 5.91 Å². The number of hydrogen-bond donors (Lipinski definition) is 1. The Morgan fingerprint density at radius 2 is 1.58 bits per heavy atom. The van der Waals surface area contributed by atoms with Crippen LogP contribution in [-0.4, -0.2) is 28.7 Å². The summed E-state index contributed by atoms with van der Waals surface area (Å²) in [7, 11) is 0. The second-order valence-corrected chi connectivity index (χ2v) is 6.95. The van der Waals surface area contributed by atoms with Crippen LogP contribution in [0.5, 0.6) is 11.5 Å². The number of rotatable bonds is 9. The highest BCUT2D eigenvalue weighted by Crippen LogP contribution is 2.26. The van der Waals surface area contributed by atoms with Crippen molar-refractivity contribution < 1.29 is 14.3 Å². The van der Waals surface area contributed by atoms with E-state index < -0.39 is 0 Å². The number of nitrogens with one attached hydrogen (secondary N) is 1. The molecule has 1 heterocycles. The van der Waals surface area contributed by atoms with E-state index in [2.05, 4.69) is 9.88 Å². The molecule has 1 N–H and O–H groups in total. The zero-order chi connectivity index (χ0) is 21.5. The molecule has 0 bridgehead atoms. The van der Waals surface area contributed by atoms with Crippen molar-refractivity contribution in [1.29, 1.82) is 0 Å². The van der Waals surface area contributed by atoms with Gasteiger partial charge in [-0.05, 0) is 43.3 Å². The number of aromatic nitrogens is 2. The zero-order valence-electron chi connectivity index (χ0n) is 17.5. The fourth-order valence-corrected chi connectivity index (χ4v) is 3.45. The Morgan fingerprint density at radius 1 is 0.903 bits per heavy atom. The van der Waals surface area contributed by atoms with Crippen molar-refractivity contribution in [2.24, 2.45) is 0 Å². The second-order valence-electron chi connectivity index (χ2n) is 6.95. The van der Waals surface area contributed by atoms with Gasteiger partial charge < -0.3 is 19.4 Å². The lowest BCUT2D eigenvalue weighted by molar-refractivity contribution is 0.0949. The molecular weight excluding hydrogens is 390 g/mol. The molecule has 0 unspecified atom stereocenters. The van der Waals surface area contributed by atoms with Crippen LogP contribution in [0.3, 0.4) is 0 Å². The molecule has 4 aromatic rings. The summed E-state index contributed by atoms with van der Waals surface area (Å²) in [6.45, 7) is 3.90. The minimum atomic E-state index is -0.124. The van der Waals surface area contributed by atoms with E-state index in [1.807, 2.05) is 73.7 Å². The highest BCUT2D eigenvalue weighted by molar-refractivity contribution is 5.94. The van der Waals surface area contributed by atoms with E-state index in [4.69, 9.17) is 14.5 Å². The van der Waals surface area contributed by atoms with Gasteiger partial charge in [0, 0.05) is 5.56 Å². The maximum atomic E-state index is 12.5. The molecule has 6 heteroatoms. The van der Waals surface area contributed by atoms with Gasteiger partial charge in [-0.3, -0.25) is 4.79 Å². The fraction of sp³-hybridized carbons (Fsp3) is 0.200. The third-order valence-corrected chi connectivity index (χ3v) is 4.90. The average Bonchev–Trinajstić information content (AvgIpc) is 3.17. The van der Waals surface area contributed by atoms with E-state index in [1.54, 1.807) is 12.1 Å². The Hall–Kier alpha value is -3.80. The second kappa shape index (κ2) is 9.80. The molecule has 31 heavy (non-hydrogen) atoms. The molecule has 0 atom stereocenters. The number of imidazole rings is 1. The highest BCUT2D eigenvalue weighted by Gasteiger charge is 2.13. The number of fused-ring (bicyclic) bond motifs is 1. The predicted octanol–water partition coefficient (Wildman–Crippen LogP) is 4.44. The minimum Gasteiger partial charge on any atom is -0.490 e. The Labute approximate surface area is 181 Å². The van der Waals surface area contributed by atoms with E-state index in [0.717, 1.165) is 22.6 Å². The Balaban J connectivity index is 1.48. The van der Waals surface area contributed by atoms with Crippen molar-refractivity contribution in [3.8, 4) is 11.5 Å². The molecule has 0 radical (unpaired) electrons. The smallest absolute Gasteiger partial charge is 0.251 e. The standard InChI is InChI=1S/C25H25N3O3/c1-2-30-22-14-8-9-15-23(22)31-17-16-28-21-13-7-6-12-20(21)27-24(28)18-26-25(29)19-10-4-3-5-11-19/h3-15H,2,16-18H2,1H3,(H,26,29). The number of hydrogen-bond acceptors (Lipinski definition) is 4. The molecule has 0 fully saturated rings. The van der Waals surface area contributed by atoms with Crippen molar-refractivity contribution in [2.45, 2.75) is 20.0 Å². The van der Waals surface area contributed by atoms with E-state index >= 15 is 0 Å². The molecule has 158 valence electrons. The molecule has 4 rings (SSSR count).